The topological polar surface area (TPSA) is 60.9 Å². The van der Waals surface area contributed by atoms with Gasteiger partial charge in [-0.25, -0.2) is 0 Å². The van der Waals surface area contributed by atoms with Gasteiger partial charge in [0.25, 0.3) is 0 Å². The number of hydrogen-bond acceptors (Lipinski definition) is 5. The van der Waals surface area contributed by atoms with Gasteiger partial charge in [-0.15, -0.1) is 0 Å². The molecule has 0 saturated carbocycles. The van der Waals surface area contributed by atoms with Gasteiger partial charge in [0, 0.05) is 38.5 Å². The quantitative estimate of drug-likeness (QED) is 0.411. The van der Waals surface area contributed by atoms with Crippen LogP contribution in [-0.2, 0) is 29.0 Å². The van der Waals surface area contributed by atoms with Crippen LogP contribution in [0.4, 0.5) is 0 Å². The lowest BCUT2D eigenvalue weighted by Crippen LogP contribution is -2.30. The average molecular weight is 461 g/mol. The van der Waals surface area contributed by atoms with Gasteiger partial charge < -0.3 is 19.1 Å². The van der Waals surface area contributed by atoms with Crippen molar-refractivity contribution in [3.63, 3.8) is 0 Å². The Labute approximate surface area is 201 Å². The molecule has 0 spiro atoms. The molecule has 1 unspecified atom stereocenters. The van der Waals surface area contributed by atoms with E-state index in [0.717, 1.165) is 47.6 Å². The maximum absolute atomic E-state index is 13.3. The van der Waals surface area contributed by atoms with Crippen molar-refractivity contribution >= 4 is 5.91 Å². The standard InChI is InChI=1S/C28H32N2O4/c1-32-27-9-3-2-7-24(27)12-15-28(31)30(20-23-6-4-16-29-18-23)19-22-10-13-25(14-11-22)34-21-26-8-5-17-33-26/h2-4,6-7,9-11,13-14,16,18,26H,5,8,12,15,17,19-21H2,1H3. The largest absolute Gasteiger partial charge is 0.496 e. The molecule has 1 aromatic heterocycles. The monoisotopic (exact) mass is 460 g/mol. The first-order valence-corrected chi connectivity index (χ1v) is 11.8. The number of amides is 1. The average Bonchev–Trinajstić information content (AvgIpc) is 3.41. The van der Waals surface area contributed by atoms with E-state index >= 15 is 0 Å². The van der Waals surface area contributed by atoms with Crippen molar-refractivity contribution in [2.45, 2.75) is 44.9 Å². The van der Waals surface area contributed by atoms with Crippen LogP contribution in [-0.4, -0.2) is 42.2 Å². The van der Waals surface area contributed by atoms with E-state index in [1.165, 1.54) is 0 Å². The number of nitrogens with zero attached hydrogens (tertiary/aromatic N) is 2. The molecule has 3 aromatic rings. The molecular weight excluding hydrogens is 428 g/mol. The van der Waals surface area contributed by atoms with E-state index in [9.17, 15) is 4.79 Å². The smallest absolute Gasteiger partial charge is 0.223 e. The second kappa shape index (κ2) is 12.2. The van der Waals surface area contributed by atoms with Crippen molar-refractivity contribution in [3.8, 4) is 11.5 Å². The molecule has 0 radical (unpaired) electrons. The van der Waals surface area contributed by atoms with Crippen molar-refractivity contribution in [3.05, 3.63) is 89.7 Å². The fourth-order valence-electron chi connectivity index (χ4n) is 4.13. The number of ether oxygens (including phenoxy) is 3. The van der Waals surface area contributed by atoms with Crippen molar-refractivity contribution < 1.29 is 19.0 Å². The zero-order valence-corrected chi connectivity index (χ0v) is 19.7. The minimum atomic E-state index is 0.0912. The van der Waals surface area contributed by atoms with Gasteiger partial charge in [-0.3, -0.25) is 9.78 Å². The number of rotatable bonds is 11. The minimum Gasteiger partial charge on any atom is -0.496 e. The molecule has 0 N–H and O–H groups in total. The van der Waals surface area contributed by atoms with Crippen LogP contribution in [0.15, 0.2) is 73.1 Å². The number of methoxy groups -OCH3 is 1. The van der Waals surface area contributed by atoms with E-state index in [2.05, 4.69) is 4.98 Å². The summed E-state index contributed by atoms with van der Waals surface area (Å²) in [6.07, 6.45) is 6.93. The summed E-state index contributed by atoms with van der Waals surface area (Å²) in [5, 5.41) is 0. The normalized spacial score (nSPS) is 15.1. The highest BCUT2D eigenvalue weighted by molar-refractivity contribution is 5.76. The fraction of sp³-hybridized carbons (Fsp3) is 0.357. The van der Waals surface area contributed by atoms with Crippen LogP contribution >= 0.6 is 0 Å². The van der Waals surface area contributed by atoms with Gasteiger partial charge in [-0.1, -0.05) is 36.4 Å². The molecule has 34 heavy (non-hydrogen) atoms. The first-order valence-electron chi connectivity index (χ1n) is 11.8. The molecule has 1 saturated heterocycles. The van der Waals surface area contributed by atoms with E-state index in [4.69, 9.17) is 14.2 Å². The van der Waals surface area contributed by atoms with Crippen LogP contribution in [0.2, 0.25) is 0 Å². The summed E-state index contributed by atoms with van der Waals surface area (Å²) < 4.78 is 16.9. The van der Waals surface area contributed by atoms with Gasteiger partial charge in [0.05, 0.1) is 13.2 Å². The number of hydrogen-bond donors (Lipinski definition) is 0. The van der Waals surface area contributed by atoms with E-state index in [1.54, 1.807) is 13.3 Å². The Kier molecular flexibility index (Phi) is 8.52. The summed E-state index contributed by atoms with van der Waals surface area (Å²) in [5.41, 5.74) is 3.09. The summed E-state index contributed by atoms with van der Waals surface area (Å²) in [6, 6.07) is 19.7. The van der Waals surface area contributed by atoms with Crippen LogP contribution in [0.3, 0.4) is 0 Å². The number of aryl methyl sites for hydroxylation is 1. The maximum atomic E-state index is 13.3. The van der Waals surface area contributed by atoms with Gasteiger partial charge in [0.2, 0.25) is 5.91 Å². The lowest BCUT2D eigenvalue weighted by molar-refractivity contribution is -0.132. The van der Waals surface area contributed by atoms with E-state index in [-0.39, 0.29) is 12.0 Å². The van der Waals surface area contributed by atoms with Crippen LogP contribution in [0, 0.1) is 0 Å². The number of carbonyl (C=O) groups is 1. The molecular formula is C28H32N2O4. The SMILES string of the molecule is COc1ccccc1CCC(=O)N(Cc1ccc(OCC2CCCO2)cc1)Cc1cccnc1. The highest BCUT2D eigenvalue weighted by Gasteiger charge is 2.17. The molecule has 1 amide bonds. The van der Waals surface area contributed by atoms with Crippen molar-refractivity contribution in [2.75, 3.05) is 20.3 Å². The van der Waals surface area contributed by atoms with Crippen molar-refractivity contribution in [1.29, 1.82) is 0 Å². The molecule has 0 aliphatic carbocycles. The van der Waals surface area contributed by atoms with Crippen molar-refractivity contribution in [1.82, 2.24) is 9.88 Å². The highest BCUT2D eigenvalue weighted by atomic mass is 16.5. The van der Waals surface area contributed by atoms with Crippen LogP contribution < -0.4 is 9.47 Å². The third kappa shape index (κ3) is 6.81. The fourth-order valence-corrected chi connectivity index (χ4v) is 4.13. The molecule has 1 aliphatic rings. The summed E-state index contributed by atoms with van der Waals surface area (Å²) in [5.74, 6) is 1.72. The summed E-state index contributed by atoms with van der Waals surface area (Å²) in [6.45, 7) is 2.43. The lowest BCUT2D eigenvalue weighted by Gasteiger charge is -2.23. The van der Waals surface area contributed by atoms with E-state index in [0.29, 0.717) is 32.5 Å². The Morgan fingerprint density at radius 1 is 1.06 bits per heavy atom. The molecule has 1 aliphatic heterocycles. The molecule has 2 heterocycles. The number of pyridine rings is 1. The predicted molar refractivity (Wildman–Crippen MR) is 131 cm³/mol. The predicted octanol–water partition coefficient (Wildman–Crippen LogP) is 4.81. The molecule has 178 valence electrons. The zero-order chi connectivity index (χ0) is 23.6. The minimum absolute atomic E-state index is 0.0912. The van der Waals surface area contributed by atoms with Gasteiger partial charge in [-0.2, -0.15) is 0 Å². The van der Waals surface area contributed by atoms with Crippen molar-refractivity contribution in [2.24, 2.45) is 0 Å². The zero-order valence-electron chi connectivity index (χ0n) is 19.7. The summed E-state index contributed by atoms with van der Waals surface area (Å²) in [4.78, 5) is 19.4. The molecule has 1 fully saturated rings. The first kappa shape index (κ1) is 23.8. The van der Waals surface area contributed by atoms with Crippen LogP contribution in [0.5, 0.6) is 11.5 Å². The van der Waals surface area contributed by atoms with Crippen LogP contribution in [0.25, 0.3) is 0 Å². The summed E-state index contributed by atoms with van der Waals surface area (Å²) in [7, 11) is 1.66. The Hall–Kier alpha value is -3.38. The second-order valence-electron chi connectivity index (χ2n) is 8.51. The lowest BCUT2D eigenvalue weighted by atomic mass is 10.1. The Balaban J connectivity index is 1.40. The van der Waals surface area contributed by atoms with E-state index in [1.807, 2.05) is 71.8 Å². The van der Waals surface area contributed by atoms with Crippen LogP contribution in [0.1, 0.15) is 36.0 Å². The highest BCUT2D eigenvalue weighted by Crippen LogP contribution is 2.21. The third-order valence-corrected chi connectivity index (χ3v) is 6.01. The Bertz CT molecular complexity index is 1030. The third-order valence-electron chi connectivity index (χ3n) is 6.01. The molecule has 6 heteroatoms. The number of benzene rings is 2. The molecule has 6 nitrogen and oxygen atoms in total. The number of para-hydroxylation sites is 1. The molecule has 2 aromatic carbocycles. The van der Waals surface area contributed by atoms with Gasteiger partial charge in [0.1, 0.15) is 18.1 Å². The summed E-state index contributed by atoms with van der Waals surface area (Å²) >= 11 is 0. The molecule has 4 rings (SSSR count). The number of aromatic nitrogens is 1. The second-order valence-corrected chi connectivity index (χ2v) is 8.51. The molecule has 0 bridgehead atoms. The number of carbonyl (C=O) groups excluding carboxylic acids is 1. The maximum Gasteiger partial charge on any atom is 0.223 e. The van der Waals surface area contributed by atoms with Gasteiger partial charge in [-0.05, 0) is 60.2 Å². The van der Waals surface area contributed by atoms with Gasteiger partial charge >= 0.3 is 0 Å². The van der Waals surface area contributed by atoms with E-state index < -0.39 is 0 Å². The Morgan fingerprint density at radius 2 is 1.88 bits per heavy atom. The first-order chi connectivity index (χ1) is 16.7. The molecule has 1 atom stereocenters. The Morgan fingerprint density at radius 3 is 2.62 bits per heavy atom. The van der Waals surface area contributed by atoms with Gasteiger partial charge in [0.15, 0.2) is 0 Å².